The lowest BCUT2D eigenvalue weighted by molar-refractivity contribution is 0.475. The Hall–Kier alpha value is -1.02. The van der Waals surface area contributed by atoms with Crippen LogP contribution in [0.4, 0.5) is 0 Å². The summed E-state index contributed by atoms with van der Waals surface area (Å²) in [6, 6.07) is 7.48. The van der Waals surface area contributed by atoms with Gasteiger partial charge in [-0.15, -0.1) is 0 Å². The Balaban J connectivity index is 1.71. The molecule has 156 valence electrons. The second-order valence-electron chi connectivity index (χ2n) is 8.15. The van der Waals surface area contributed by atoms with E-state index in [9.17, 15) is 5.11 Å². The SMILES string of the molecule is CCCCCCCCCCCCCCCCCCNCc1ccc(O)cc1. The maximum absolute atomic E-state index is 9.26. The van der Waals surface area contributed by atoms with Gasteiger partial charge in [0, 0.05) is 6.54 Å². The zero-order valence-electron chi connectivity index (χ0n) is 18.0. The lowest BCUT2D eigenvalue weighted by atomic mass is 10.0. The number of nitrogens with one attached hydrogen (secondary N) is 1. The molecule has 0 aromatic heterocycles. The molecular weight excluding hydrogens is 330 g/mol. The Bertz CT molecular complexity index is 415. The molecule has 0 bridgehead atoms. The fourth-order valence-corrected chi connectivity index (χ4v) is 3.64. The molecule has 0 amide bonds. The average Bonchev–Trinajstić information content (AvgIpc) is 2.68. The van der Waals surface area contributed by atoms with Crippen molar-refractivity contribution in [2.45, 2.75) is 116 Å². The van der Waals surface area contributed by atoms with Gasteiger partial charge in [0.05, 0.1) is 0 Å². The first kappa shape index (κ1) is 24.0. The van der Waals surface area contributed by atoms with Crippen LogP contribution >= 0.6 is 0 Å². The number of hydrogen-bond donors (Lipinski definition) is 2. The molecule has 0 aliphatic rings. The number of aromatic hydroxyl groups is 1. The molecule has 0 aliphatic carbocycles. The minimum atomic E-state index is 0.344. The van der Waals surface area contributed by atoms with E-state index in [1.54, 1.807) is 12.1 Å². The lowest BCUT2D eigenvalue weighted by Gasteiger charge is -2.06. The lowest BCUT2D eigenvalue weighted by Crippen LogP contribution is -2.14. The van der Waals surface area contributed by atoms with Crippen LogP contribution in [0.2, 0.25) is 0 Å². The van der Waals surface area contributed by atoms with Gasteiger partial charge < -0.3 is 10.4 Å². The fourth-order valence-electron chi connectivity index (χ4n) is 3.64. The van der Waals surface area contributed by atoms with Gasteiger partial charge >= 0.3 is 0 Å². The molecule has 0 saturated heterocycles. The molecule has 0 radical (unpaired) electrons. The van der Waals surface area contributed by atoms with Gasteiger partial charge in [-0.2, -0.15) is 0 Å². The van der Waals surface area contributed by atoms with Crippen LogP contribution in [0.1, 0.15) is 115 Å². The molecule has 2 N–H and O–H groups in total. The zero-order chi connectivity index (χ0) is 19.4. The minimum Gasteiger partial charge on any atom is -0.508 e. The Morgan fingerprint density at radius 1 is 0.593 bits per heavy atom. The van der Waals surface area contributed by atoms with Crippen LogP contribution in [-0.2, 0) is 6.54 Å². The maximum atomic E-state index is 9.26. The molecule has 1 aromatic carbocycles. The number of rotatable bonds is 19. The topological polar surface area (TPSA) is 32.3 Å². The second-order valence-corrected chi connectivity index (χ2v) is 8.15. The summed E-state index contributed by atoms with van der Waals surface area (Å²) in [5.41, 5.74) is 1.24. The van der Waals surface area contributed by atoms with E-state index >= 15 is 0 Å². The van der Waals surface area contributed by atoms with Gasteiger partial charge in [-0.1, -0.05) is 115 Å². The van der Waals surface area contributed by atoms with E-state index in [4.69, 9.17) is 0 Å². The summed E-state index contributed by atoms with van der Waals surface area (Å²) in [5, 5.41) is 12.8. The normalized spacial score (nSPS) is 11.1. The van der Waals surface area contributed by atoms with Crippen molar-refractivity contribution in [3.05, 3.63) is 29.8 Å². The van der Waals surface area contributed by atoms with E-state index in [-0.39, 0.29) is 0 Å². The van der Waals surface area contributed by atoms with Crippen molar-refractivity contribution in [3.63, 3.8) is 0 Å². The molecule has 0 heterocycles. The highest BCUT2D eigenvalue weighted by Gasteiger charge is 1.96. The number of benzene rings is 1. The Kier molecular flexibility index (Phi) is 16.3. The molecule has 0 aliphatic heterocycles. The third kappa shape index (κ3) is 15.7. The summed E-state index contributed by atoms with van der Waals surface area (Å²) in [5.74, 6) is 0.344. The van der Waals surface area contributed by atoms with E-state index in [1.165, 1.54) is 108 Å². The van der Waals surface area contributed by atoms with Crippen LogP contribution in [-0.4, -0.2) is 11.7 Å². The van der Waals surface area contributed by atoms with Gasteiger partial charge in [0.15, 0.2) is 0 Å². The maximum Gasteiger partial charge on any atom is 0.115 e. The van der Waals surface area contributed by atoms with Crippen LogP contribution in [0.15, 0.2) is 24.3 Å². The van der Waals surface area contributed by atoms with Crippen LogP contribution in [0.5, 0.6) is 5.75 Å². The molecule has 1 aromatic rings. The molecule has 1 rings (SSSR count). The van der Waals surface area contributed by atoms with E-state index in [1.807, 2.05) is 12.1 Å². The number of phenols is 1. The molecule has 2 heteroatoms. The van der Waals surface area contributed by atoms with Crippen LogP contribution < -0.4 is 5.32 Å². The minimum absolute atomic E-state index is 0.344. The highest BCUT2D eigenvalue weighted by Crippen LogP contribution is 2.13. The van der Waals surface area contributed by atoms with Gasteiger partial charge in [0.25, 0.3) is 0 Å². The summed E-state index contributed by atoms with van der Waals surface area (Å²) in [7, 11) is 0. The summed E-state index contributed by atoms with van der Waals surface area (Å²) in [4.78, 5) is 0. The van der Waals surface area contributed by atoms with Crippen molar-refractivity contribution in [2.24, 2.45) is 0 Å². The van der Waals surface area contributed by atoms with Gasteiger partial charge in [-0.05, 0) is 30.7 Å². The molecule has 0 fully saturated rings. The van der Waals surface area contributed by atoms with Gasteiger partial charge in [-0.25, -0.2) is 0 Å². The van der Waals surface area contributed by atoms with Crippen molar-refractivity contribution in [2.75, 3.05) is 6.54 Å². The summed E-state index contributed by atoms with van der Waals surface area (Å²) >= 11 is 0. The highest BCUT2D eigenvalue weighted by atomic mass is 16.3. The standard InChI is InChI=1S/C25H45NO/c1-2-3-4-5-6-7-8-9-10-11-12-13-14-15-16-17-22-26-23-24-18-20-25(27)21-19-24/h18-21,26-27H,2-17,22-23H2,1H3. The van der Waals surface area contributed by atoms with Gasteiger partial charge in [-0.3, -0.25) is 0 Å². The van der Waals surface area contributed by atoms with Crippen LogP contribution in [0.3, 0.4) is 0 Å². The van der Waals surface area contributed by atoms with Crippen molar-refractivity contribution in [3.8, 4) is 5.75 Å². The first-order valence-electron chi connectivity index (χ1n) is 11.8. The van der Waals surface area contributed by atoms with E-state index < -0.39 is 0 Å². The molecule has 0 atom stereocenters. The summed E-state index contributed by atoms with van der Waals surface area (Å²) in [6.07, 6.45) is 22.7. The average molecular weight is 376 g/mol. The number of unbranched alkanes of at least 4 members (excludes halogenated alkanes) is 15. The Morgan fingerprint density at radius 2 is 1.00 bits per heavy atom. The Morgan fingerprint density at radius 3 is 1.44 bits per heavy atom. The first-order valence-corrected chi connectivity index (χ1v) is 11.8. The molecular formula is C25H45NO. The molecule has 0 saturated carbocycles. The predicted octanol–water partition coefficient (Wildman–Crippen LogP) is 7.74. The third-order valence-corrected chi connectivity index (χ3v) is 5.47. The number of hydrogen-bond acceptors (Lipinski definition) is 2. The van der Waals surface area contributed by atoms with E-state index in [2.05, 4.69) is 12.2 Å². The smallest absolute Gasteiger partial charge is 0.115 e. The van der Waals surface area contributed by atoms with E-state index in [0.29, 0.717) is 5.75 Å². The van der Waals surface area contributed by atoms with Crippen LogP contribution in [0, 0.1) is 0 Å². The van der Waals surface area contributed by atoms with Crippen molar-refractivity contribution < 1.29 is 5.11 Å². The quantitative estimate of drug-likeness (QED) is 0.242. The molecule has 27 heavy (non-hydrogen) atoms. The molecule has 0 spiro atoms. The highest BCUT2D eigenvalue weighted by molar-refractivity contribution is 5.25. The van der Waals surface area contributed by atoms with Gasteiger partial charge in [0.2, 0.25) is 0 Å². The van der Waals surface area contributed by atoms with Crippen LogP contribution in [0.25, 0.3) is 0 Å². The fraction of sp³-hybridized carbons (Fsp3) is 0.760. The number of phenolic OH excluding ortho intramolecular Hbond substituents is 1. The van der Waals surface area contributed by atoms with Crippen molar-refractivity contribution >= 4 is 0 Å². The van der Waals surface area contributed by atoms with Crippen molar-refractivity contribution in [1.29, 1.82) is 0 Å². The molecule has 2 nitrogen and oxygen atoms in total. The Labute approximate surface area is 169 Å². The largest absolute Gasteiger partial charge is 0.508 e. The summed E-state index contributed by atoms with van der Waals surface area (Å²) < 4.78 is 0. The van der Waals surface area contributed by atoms with Crippen molar-refractivity contribution in [1.82, 2.24) is 5.32 Å². The zero-order valence-corrected chi connectivity index (χ0v) is 18.0. The monoisotopic (exact) mass is 375 g/mol. The second kappa shape index (κ2) is 18.3. The van der Waals surface area contributed by atoms with E-state index in [0.717, 1.165) is 13.1 Å². The third-order valence-electron chi connectivity index (χ3n) is 5.47. The first-order chi connectivity index (χ1) is 13.3. The summed E-state index contributed by atoms with van der Waals surface area (Å²) in [6.45, 7) is 4.29. The predicted molar refractivity (Wildman–Crippen MR) is 119 cm³/mol. The molecule has 0 unspecified atom stereocenters. The van der Waals surface area contributed by atoms with Gasteiger partial charge in [0.1, 0.15) is 5.75 Å².